The van der Waals surface area contributed by atoms with Crippen LogP contribution in [0.25, 0.3) is 0 Å². The van der Waals surface area contributed by atoms with Crippen LogP contribution in [0.4, 0.5) is 5.82 Å². The molecule has 1 aromatic carbocycles. The molecule has 0 amide bonds. The number of benzene rings is 1. The minimum absolute atomic E-state index is 0.175. The Morgan fingerprint density at radius 1 is 1.29 bits per heavy atom. The number of aromatic nitrogens is 2. The molecule has 0 spiro atoms. The third-order valence-electron chi connectivity index (χ3n) is 2.37. The number of aromatic amines is 1. The number of nitrogen functional groups attached to an aromatic ring is 1. The first-order chi connectivity index (χ1) is 8.25. The summed E-state index contributed by atoms with van der Waals surface area (Å²) in [6, 6.07) is 11.0. The predicted octanol–water partition coefficient (Wildman–Crippen LogP) is 1.23. The van der Waals surface area contributed by atoms with Crippen molar-refractivity contribution in [3.05, 3.63) is 46.8 Å². The molecule has 0 aliphatic heterocycles. The molecule has 0 saturated carbocycles. The van der Waals surface area contributed by atoms with Gasteiger partial charge in [-0.1, -0.05) is 18.2 Å². The number of anilines is 1. The first-order valence-electron chi connectivity index (χ1n) is 5.49. The molecule has 0 radical (unpaired) electrons. The number of nitrogens with two attached hydrogens (primary N) is 1. The highest BCUT2D eigenvalue weighted by Crippen LogP contribution is 2.08. The van der Waals surface area contributed by atoms with Crippen molar-refractivity contribution in [2.45, 2.75) is 13.0 Å². The average molecular weight is 233 g/mol. The Balaban J connectivity index is 1.77. The standard InChI is InChI=1S/C12H15N3O2/c13-11-9-12(16)14-15(11)7-4-8-17-10-5-2-1-3-6-10/h1-3,5-6,9H,4,7-8,13H2,(H,14,16). The summed E-state index contributed by atoms with van der Waals surface area (Å²) in [4.78, 5) is 11.0. The molecule has 3 N–H and O–H groups in total. The molecule has 5 heteroatoms. The zero-order valence-corrected chi connectivity index (χ0v) is 9.43. The maximum Gasteiger partial charge on any atom is 0.266 e. The second-order valence-corrected chi connectivity index (χ2v) is 3.71. The number of aryl methyl sites for hydroxylation is 1. The van der Waals surface area contributed by atoms with Gasteiger partial charge in [-0.25, -0.2) is 0 Å². The first kappa shape index (κ1) is 11.3. The molecular weight excluding hydrogens is 218 g/mol. The van der Waals surface area contributed by atoms with Crippen molar-refractivity contribution in [2.24, 2.45) is 0 Å². The Kier molecular flexibility index (Phi) is 3.49. The second kappa shape index (κ2) is 5.25. The van der Waals surface area contributed by atoms with Crippen LogP contribution in [0.3, 0.4) is 0 Å². The molecule has 90 valence electrons. The molecule has 0 fully saturated rings. The number of hydrogen-bond acceptors (Lipinski definition) is 3. The topological polar surface area (TPSA) is 73.0 Å². The third-order valence-corrected chi connectivity index (χ3v) is 2.37. The summed E-state index contributed by atoms with van der Waals surface area (Å²) >= 11 is 0. The van der Waals surface area contributed by atoms with E-state index in [1.54, 1.807) is 4.68 Å². The number of nitrogens with zero attached hydrogens (tertiary/aromatic N) is 1. The molecule has 5 nitrogen and oxygen atoms in total. The van der Waals surface area contributed by atoms with E-state index in [-0.39, 0.29) is 5.56 Å². The van der Waals surface area contributed by atoms with E-state index >= 15 is 0 Å². The summed E-state index contributed by atoms with van der Waals surface area (Å²) < 4.78 is 7.15. The Labute approximate surface area is 98.8 Å². The van der Waals surface area contributed by atoms with E-state index in [0.717, 1.165) is 12.2 Å². The summed E-state index contributed by atoms with van der Waals surface area (Å²) in [7, 11) is 0. The highest BCUT2D eigenvalue weighted by atomic mass is 16.5. The number of ether oxygens (including phenoxy) is 1. The van der Waals surface area contributed by atoms with E-state index in [0.29, 0.717) is 19.0 Å². The highest BCUT2D eigenvalue weighted by molar-refractivity contribution is 5.25. The van der Waals surface area contributed by atoms with E-state index in [2.05, 4.69) is 5.10 Å². The summed E-state index contributed by atoms with van der Waals surface area (Å²) in [5.41, 5.74) is 5.45. The van der Waals surface area contributed by atoms with Gasteiger partial charge in [0, 0.05) is 19.0 Å². The lowest BCUT2D eigenvalue weighted by Gasteiger charge is -2.07. The number of nitrogens with one attached hydrogen (secondary N) is 1. The van der Waals surface area contributed by atoms with Crippen LogP contribution < -0.4 is 16.0 Å². The molecule has 0 bridgehead atoms. The second-order valence-electron chi connectivity index (χ2n) is 3.71. The van der Waals surface area contributed by atoms with Gasteiger partial charge in [-0.3, -0.25) is 14.6 Å². The smallest absolute Gasteiger partial charge is 0.266 e. The molecule has 17 heavy (non-hydrogen) atoms. The van der Waals surface area contributed by atoms with Gasteiger partial charge in [0.1, 0.15) is 11.6 Å². The lowest BCUT2D eigenvalue weighted by atomic mass is 10.3. The van der Waals surface area contributed by atoms with Gasteiger partial charge >= 0.3 is 0 Å². The van der Waals surface area contributed by atoms with Crippen LogP contribution >= 0.6 is 0 Å². The van der Waals surface area contributed by atoms with Crippen LogP contribution in [0.15, 0.2) is 41.2 Å². The van der Waals surface area contributed by atoms with E-state index in [4.69, 9.17) is 10.5 Å². The highest BCUT2D eigenvalue weighted by Gasteiger charge is 1.99. The average Bonchev–Trinajstić information content (AvgIpc) is 2.65. The molecule has 0 atom stereocenters. The van der Waals surface area contributed by atoms with Gasteiger partial charge in [-0.05, 0) is 12.1 Å². The zero-order chi connectivity index (χ0) is 12.1. The van der Waals surface area contributed by atoms with Crippen LogP contribution in [-0.4, -0.2) is 16.4 Å². The molecular formula is C12H15N3O2. The number of hydrogen-bond donors (Lipinski definition) is 2. The van der Waals surface area contributed by atoms with Crippen LogP contribution in [0.5, 0.6) is 5.75 Å². The fourth-order valence-corrected chi connectivity index (χ4v) is 1.56. The number of H-pyrrole nitrogens is 1. The monoisotopic (exact) mass is 233 g/mol. The van der Waals surface area contributed by atoms with Crippen LogP contribution in [0.1, 0.15) is 6.42 Å². The summed E-state index contributed by atoms with van der Waals surface area (Å²) in [6.07, 6.45) is 0.781. The van der Waals surface area contributed by atoms with Crippen molar-refractivity contribution in [3.8, 4) is 5.75 Å². The summed E-state index contributed by atoms with van der Waals surface area (Å²) in [6.45, 7) is 1.23. The molecule has 1 heterocycles. The third kappa shape index (κ3) is 3.14. The van der Waals surface area contributed by atoms with E-state index in [1.807, 2.05) is 30.3 Å². The summed E-state index contributed by atoms with van der Waals surface area (Å²) in [5, 5.41) is 2.62. The first-order valence-corrected chi connectivity index (χ1v) is 5.49. The van der Waals surface area contributed by atoms with Crippen LogP contribution in [0, 0.1) is 0 Å². The van der Waals surface area contributed by atoms with Crippen molar-refractivity contribution < 1.29 is 4.74 Å². The molecule has 0 unspecified atom stereocenters. The Morgan fingerprint density at radius 2 is 2.06 bits per heavy atom. The Bertz CT molecular complexity index is 516. The van der Waals surface area contributed by atoms with Gasteiger partial charge in [0.15, 0.2) is 0 Å². The normalized spacial score (nSPS) is 10.4. The van der Waals surface area contributed by atoms with Gasteiger partial charge in [-0.2, -0.15) is 0 Å². The van der Waals surface area contributed by atoms with Gasteiger partial charge in [0.25, 0.3) is 5.56 Å². The SMILES string of the molecule is Nc1cc(=O)[nH]n1CCCOc1ccccc1. The summed E-state index contributed by atoms with van der Waals surface area (Å²) in [5.74, 6) is 1.30. The zero-order valence-electron chi connectivity index (χ0n) is 9.43. The minimum atomic E-state index is -0.175. The fourth-order valence-electron chi connectivity index (χ4n) is 1.56. The van der Waals surface area contributed by atoms with Gasteiger partial charge < -0.3 is 10.5 Å². The van der Waals surface area contributed by atoms with E-state index in [9.17, 15) is 4.79 Å². The van der Waals surface area contributed by atoms with Crippen molar-refractivity contribution in [2.75, 3.05) is 12.3 Å². The van der Waals surface area contributed by atoms with Gasteiger partial charge in [-0.15, -0.1) is 0 Å². The van der Waals surface area contributed by atoms with Crippen molar-refractivity contribution in [3.63, 3.8) is 0 Å². The van der Waals surface area contributed by atoms with Crippen LogP contribution in [-0.2, 0) is 6.54 Å². The van der Waals surface area contributed by atoms with Crippen molar-refractivity contribution in [1.29, 1.82) is 0 Å². The van der Waals surface area contributed by atoms with E-state index < -0.39 is 0 Å². The molecule has 0 aliphatic rings. The Hall–Kier alpha value is -2.17. The van der Waals surface area contributed by atoms with Crippen molar-refractivity contribution >= 4 is 5.82 Å². The predicted molar refractivity (Wildman–Crippen MR) is 66.0 cm³/mol. The maximum atomic E-state index is 11.0. The maximum absolute atomic E-state index is 11.0. The molecule has 2 rings (SSSR count). The number of para-hydroxylation sites is 1. The lowest BCUT2D eigenvalue weighted by molar-refractivity contribution is 0.299. The number of rotatable bonds is 5. The molecule has 0 saturated heterocycles. The van der Waals surface area contributed by atoms with E-state index in [1.165, 1.54) is 6.07 Å². The van der Waals surface area contributed by atoms with Crippen molar-refractivity contribution in [1.82, 2.24) is 9.78 Å². The molecule has 0 aliphatic carbocycles. The molecule has 1 aromatic heterocycles. The molecule has 2 aromatic rings. The largest absolute Gasteiger partial charge is 0.494 e. The van der Waals surface area contributed by atoms with Crippen LogP contribution in [0.2, 0.25) is 0 Å². The lowest BCUT2D eigenvalue weighted by Crippen LogP contribution is -2.10. The Morgan fingerprint density at radius 3 is 2.71 bits per heavy atom. The minimum Gasteiger partial charge on any atom is -0.494 e. The van der Waals surface area contributed by atoms with Gasteiger partial charge in [0.05, 0.1) is 6.61 Å². The quantitative estimate of drug-likeness (QED) is 0.763. The van der Waals surface area contributed by atoms with Gasteiger partial charge in [0.2, 0.25) is 0 Å². The fraction of sp³-hybridized carbons (Fsp3) is 0.250.